The summed E-state index contributed by atoms with van der Waals surface area (Å²) in [6.07, 6.45) is 0.787. The zero-order valence-electron chi connectivity index (χ0n) is 64.7. The van der Waals surface area contributed by atoms with Gasteiger partial charge in [0, 0.05) is 100 Å². The van der Waals surface area contributed by atoms with E-state index in [2.05, 4.69) is 15.5 Å². The second kappa shape index (κ2) is 42.3. The highest BCUT2D eigenvalue weighted by atomic mass is 16.5. The van der Waals surface area contributed by atoms with E-state index in [1.54, 1.807) is 55.4 Å². The lowest BCUT2D eigenvalue weighted by Gasteiger charge is -2.41. The van der Waals surface area contributed by atoms with Gasteiger partial charge in [-0.3, -0.25) is 62.4 Å². The van der Waals surface area contributed by atoms with Crippen molar-refractivity contribution in [3.63, 3.8) is 0 Å². The van der Waals surface area contributed by atoms with E-state index in [-0.39, 0.29) is 69.3 Å². The lowest BCUT2D eigenvalue weighted by atomic mass is 9.85. The quantitative estimate of drug-likeness (QED) is 0.0945. The third-order valence-electron chi connectivity index (χ3n) is 20.1. The summed E-state index contributed by atoms with van der Waals surface area (Å²) in [7, 11) is 10.0. The summed E-state index contributed by atoms with van der Waals surface area (Å²) in [6.45, 7) is 31.8. The van der Waals surface area contributed by atoms with Crippen LogP contribution < -0.4 is 16.4 Å². The predicted octanol–water partition coefficient (Wildman–Crippen LogP) is 4.78. The van der Waals surface area contributed by atoms with Crippen molar-refractivity contribution in [3.05, 3.63) is 0 Å². The van der Waals surface area contributed by atoms with Crippen LogP contribution in [0.15, 0.2) is 0 Å². The molecule has 0 aliphatic carbocycles. The first-order chi connectivity index (χ1) is 46.1. The van der Waals surface area contributed by atoms with E-state index < -0.39 is 167 Å². The highest BCUT2D eigenvalue weighted by molar-refractivity contribution is 6.00. The Kier molecular flexibility index (Phi) is 38.0. The molecule has 14 atom stereocenters. The summed E-state index contributed by atoms with van der Waals surface area (Å²) in [5.41, 5.74) is 5.40. The van der Waals surface area contributed by atoms with Crippen molar-refractivity contribution in [2.45, 2.75) is 261 Å². The van der Waals surface area contributed by atoms with Crippen molar-refractivity contribution in [1.29, 1.82) is 0 Å². The molecule has 10 amide bonds. The van der Waals surface area contributed by atoms with Crippen LogP contribution in [0.25, 0.3) is 0 Å². The number of ketones is 2. The summed E-state index contributed by atoms with van der Waals surface area (Å²) in [5, 5.41) is 18.0. The van der Waals surface area contributed by atoms with Gasteiger partial charge in [-0.05, 0) is 114 Å². The van der Waals surface area contributed by atoms with Gasteiger partial charge in [-0.2, -0.15) is 0 Å². The van der Waals surface area contributed by atoms with Crippen molar-refractivity contribution < 1.29 is 72.1 Å². The van der Waals surface area contributed by atoms with Crippen LogP contribution in [-0.4, -0.2) is 270 Å². The lowest BCUT2D eigenvalue weighted by molar-refractivity contribution is -0.157. The number of morpholine rings is 1. The van der Waals surface area contributed by atoms with Crippen LogP contribution in [0.2, 0.25) is 0 Å². The van der Waals surface area contributed by atoms with Crippen molar-refractivity contribution in [1.82, 2.24) is 49.8 Å². The average molecular weight is 1400 g/mol. The van der Waals surface area contributed by atoms with E-state index in [9.17, 15) is 29.1 Å². The fourth-order valence-electron chi connectivity index (χ4n) is 13.5. The first kappa shape index (κ1) is 89.0. The summed E-state index contributed by atoms with van der Waals surface area (Å²) >= 11 is 0. The van der Waals surface area contributed by atoms with Crippen LogP contribution in [0.3, 0.4) is 0 Å². The summed E-state index contributed by atoms with van der Waals surface area (Å²) < 4.78 is 11.9. The number of nitrogens with zero attached hydrogens (tertiary/aromatic N) is 8. The minimum absolute atomic E-state index is 0.0217. The molecule has 2 aliphatic rings. The molecule has 0 saturated carbocycles. The molecule has 0 unspecified atom stereocenters. The summed E-state index contributed by atoms with van der Waals surface area (Å²) in [6, 6.07) is -11.5. The number of hydrogen-bond donors (Lipinski definition) is 4. The maximum Gasteiger partial charge on any atom is 0.246 e. The minimum atomic E-state index is -1.68. The highest BCUT2D eigenvalue weighted by Crippen LogP contribution is 2.29. The second-order valence-electron chi connectivity index (χ2n) is 30.4. The topological polar surface area (TPSA) is 320 Å². The zero-order valence-corrected chi connectivity index (χ0v) is 64.7. The molecule has 26 nitrogen and oxygen atoms in total. The predicted molar refractivity (Wildman–Crippen MR) is 381 cm³/mol. The Morgan fingerprint density at radius 3 is 1.56 bits per heavy atom. The highest BCUT2D eigenvalue weighted by Gasteiger charge is 2.47. The summed E-state index contributed by atoms with van der Waals surface area (Å²) in [4.78, 5) is 187. The monoisotopic (exact) mass is 1400 g/mol. The van der Waals surface area contributed by atoms with Gasteiger partial charge in [0.2, 0.25) is 59.1 Å². The minimum Gasteiger partial charge on any atom is -0.390 e. The Labute approximate surface area is 592 Å². The van der Waals surface area contributed by atoms with Crippen LogP contribution in [0.1, 0.15) is 194 Å². The van der Waals surface area contributed by atoms with Gasteiger partial charge < -0.3 is 65.2 Å². The molecule has 0 radical (unpaired) electrons. The molecule has 99 heavy (non-hydrogen) atoms. The Morgan fingerprint density at radius 1 is 0.535 bits per heavy atom. The molecular formula is C73H131N11O15. The molecule has 2 fully saturated rings. The average Bonchev–Trinajstić information content (AvgIpc) is 0.808. The van der Waals surface area contributed by atoms with Gasteiger partial charge in [0.15, 0.2) is 11.6 Å². The Balaban J connectivity index is 3.02. The molecule has 0 spiro atoms. The molecular weight excluding hydrogens is 1270 g/mol. The maximum atomic E-state index is 15.4. The lowest BCUT2D eigenvalue weighted by Crippen LogP contribution is -2.64. The van der Waals surface area contributed by atoms with Crippen molar-refractivity contribution in [3.8, 4) is 0 Å². The number of Topliss-reactive ketones (excluding diaryl/α,β-unsaturated/α-hetero) is 2. The molecule has 568 valence electrons. The molecule has 5 N–H and O–H groups in total. The van der Waals surface area contributed by atoms with Gasteiger partial charge in [0.25, 0.3) is 0 Å². The third kappa shape index (κ3) is 26.3. The largest absolute Gasteiger partial charge is 0.390 e. The Hall–Kier alpha value is -6.12. The molecule has 26 heteroatoms. The number of amides is 10. The molecule has 2 saturated heterocycles. The van der Waals surface area contributed by atoms with Gasteiger partial charge in [-0.15, -0.1) is 0 Å². The van der Waals surface area contributed by atoms with Crippen LogP contribution >= 0.6 is 0 Å². The number of aliphatic hydroxyl groups excluding tert-OH is 1. The van der Waals surface area contributed by atoms with Crippen molar-refractivity contribution in [2.75, 3.05) is 88.8 Å². The SMILES string of the molecule is CC[C@@H]1NC(=O)[C@H]([C@H](O)[C@H](C)CCCCCC(N)=O)N(C)C(=O)[C@H](C(C)C)N(C)C(=O)[C@H](CC(C)C)N(C)C(=O)[C@H](CC(C)C)N(C)C(=O)[C@@H](C)NC(=O)[C@H](C)CC(=O)[C@H](CC(C)C)N(C)C(=O)[C@H](C(C)C)CC(=O)[C@H]([C@@H](C)OCCCCN2CCOCC2)N(C)C(=O)[C@@H](C)N(C)C1=O. The molecule has 2 heterocycles. The normalized spacial score (nSPS) is 27.0. The number of primary amides is 1. The van der Waals surface area contributed by atoms with E-state index in [1.807, 2.05) is 41.5 Å². The number of likely N-dealkylation sites (N-methyl/N-ethyl adjacent to an activating group) is 7. The molecule has 0 aromatic carbocycles. The number of carbonyl (C=O) groups excluding carboxylic acids is 12. The number of rotatable bonds is 24. The fourth-order valence-corrected chi connectivity index (χ4v) is 13.5. The number of nitrogens with one attached hydrogen (secondary N) is 2. The Morgan fingerprint density at radius 2 is 1.04 bits per heavy atom. The van der Waals surface area contributed by atoms with Crippen LogP contribution in [0.5, 0.6) is 0 Å². The number of carbonyl (C=O) groups is 12. The number of aliphatic hydroxyl groups is 1. The number of nitrogens with two attached hydrogens (primary N) is 1. The van der Waals surface area contributed by atoms with Crippen LogP contribution in [0.4, 0.5) is 0 Å². The van der Waals surface area contributed by atoms with E-state index in [0.717, 1.165) is 35.9 Å². The number of ether oxygens (including phenoxy) is 2. The van der Waals surface area contributed by atoms with Crippen molar-refractivity contribution in [2.24, 2.45) is 53.1 Å². The van der Waals surface area contributed by atoms with Gasteiger partial charge in [-0.25, -0.2) is 0 Å². The van der Waals surface area contributed by atoms with Crippen molar-refractivity contribution >= 4 is 70.6 Å². The van der Waals surface area contributed by atoms with Crippen LogP contribution in [-0.2, 0) is 67.0 Å². The van der Waals surface area contributed by atoms with Gasteiger partial charge in [0.05, 0.1) is 31.5 Å². The van der Waals surface area contributed by atoms with E-state index in [1.165, 1.54) is 87.7 Å². The second-order valence-corrected chi connectivity index (χ2v) is 30.4. The maximum absolute atomic E-state index is 15.4. The number of hydrogen-bond acceptors (Lipinski definition) is 16. The molecule has 0 bridgehead atoms. The van der Waals surface area contributed by atoms with Crippen LogP contribution in [0, 0.1) is 47.3 Å². The number of unbranched alkanes of at least 4 members (excludes halogenated alkanes) is 3. The van der Waals surface area contributed by atoms with Gasteiger partial charge in [-0.1, -0.05) is 103 Å². The molecule has 2 rings (SSSR count). The Bertz CT molecular complexity index is 2670. The smallest absolute Gasteiger partial charge is 0.246 e. The molecule has 2 aliphatic heterocycles. The summed E-state index contributed by atoms with van der Waals surface area (Å²) in [5.74, 6) is -11.6. The molecule has 0 aromatic rings. The van der Waals surface area contributed by atoms with Gasteiger partial charge in [0.1, 0.15) is 48.3 Å². The van der Waals surface area contributed by atoms with Gasteiger partial charge >= 0.3 is 0 Å². The molecule has 0 aromatic heterocycles. The zero-order chi connectivity index (χ0) is 75.8. The third-order valence-corrected chi connectivity index (χ3v) is 20.1. The first-order valence-electron chi connectivity index (χ1n) is 36.5. The van der Waals surface area contributed by atoms with E-state index >= 15 is 33.6 Å². The standard InChI is InChI=1S/C73H131N11O15/c1-24-54-70(94)77(17)51(15)68(92)82(22)62(52(16)99-35-29-28-32-84-33-36-98-37-34-84)59(86)42-53(46(8)9)69(93)78(18)55(38-43(2)3)58(85)41-49(13)65(89)75-50(14)67(91)79(19)56(39-44(4)5)71(95)80(20)57(40-45(6)7)72(96)81(21)61(47(10)11)73(97)83(23)63(66(90)76-54)64(88)48(12)30-26-25-27-31-60(74)87/h43-57,61-64,88H,24-42H2,1-23H3,(H2,74,87)(H,75,89)(H,76,90)/t48-,49-,50-,51-,52-,53+,54+,55+,56+,57+,61+,62+,63+,64-/m1/s1. The van der Waals surface area contributed by atoms with E-state index in [0.29, 0.717) is 45.3 Å². The first-order valence-corrected chi connectivity index (χ1v) is 36.5. The van der Waals surface area contributed by atoms with E-state index in [4.69, 9.17) is 15.2 Å². The fraction of sp³-hybridized carbons (Fsp3) is 0.836.